The predicted octanol–water partition coefficient (Wildman–Crippen LogP) is 2.12. The molecule has 0 aromatic carbocycles. The summed E-state index contributed by atoms with van der Waals surface area (Å²) in [6, 6.07) is 3.75. The minimum absolute atomic E-state index is 0.0523. The van der Waals surface area contributed by atoms with Gasteiger partial charge in [-0.25, -0.2) is 4.98 Å². The highest BCUT2D eigenvalue weighted by Gasteiger charge is 2.17. The van der Waals surface area contributed by atoms with Crippen molar-refractivity contribution in [2.24, 2.45) is 0 Å². The van der Waals surface area contributed by atoms with Crippen LogP contribution in [0.4, 0.5) is 5.82 Å². The highest BCUT2D eigenvalue weighted by atomic mass is 16.1. The van der Waals surface area contributed by atoms with Crippen LogP contribution in [0.1, 0.15) is 43.5 Å². The number of aromatic nitrogens is 1. The van der Waals surface area contributed by atoms with Gasteiger partial charge in [0.25, 0.3) is 5.91 Å². The Morgan fingerprint density at radius 2 is 2.14 bits per heavy atom. The van der Waals surface area contributed by atoms with Crippen LogP contribution in [0.25, 0.3) is 0 Å². The summed E-state index contributed by atoms with van der Waals surface area (Å²) in [6.45, 7) is 8.03. The summed E-state index contributed by atoms with van der Waals surface area (Å²) in [6.07, 6.45) is 5.58. The Hall–Kier alpha value is -1.62. The molecule has 1 saturated heterocycles. The molecule has 2 rings (SSSR count). The van der Waals surface area contributed by atoms with Gasteiger partial charge >= 0.3 is 0 Å². The first kappa shape index (κ1) is 15.8. The third-order valence-corrected chi connectivity index (χ3v) is 3.75. The van der Waals surface area contributed by atoms with Gasteiger partial charge in [0, 0.05) is 25.3 Å². The highest BCUT2D eigenvalue weighted by molar-refractivity contribution is 5.98. The lowest BCUT2D eigenvalue weighted by Crippen LogP contribution is -2.43. The fraction of sp³-hybridized carbons (Fsp3) is 0.625. The zero-order valence-electron chi connectivity index (χ0n) is 13.1. The van der Waals surface area contributed by atoms with Crippen molar-refractivity contribution in [2.45, 2.75) is 39.2 Å². The Balaban J connectivity index is 1.91. The first-order chi connectivity index (χ1) is 10.2. The van der Waals surface area contributed by atoms with Gasteiger partial charge < -0.3 is 15.5 Å². The summed E-state index contributed by atoms with van der Waals surface area (Å²) < 4.78 is 0. The molecule has 1 aliphatic heterocycles. The molecule has 0 radical (unpaired) electrons. The smallest absolute Gasteiger partial charge is 0.255 e. The van der Waals surface area contributed by atoms with Crippen LogP contribution < -0.4 is 10.6 Å². The number of carbonyl (C=O) groups is 1. The lowest BCUT2D eigenvalue weighted by Gasteiger charge is -2.29. The molecule has 0 spiro atoms. The average molecular weight is 290 g/mol. The van der Waals surface area contributed by atoms with Crippen molar-refractivity contribution in [3.63, 3.8) is 0 Å². The molecule has 1 amide bonds. The number of hydrogen-bond acceptors (Lipinski definition) is 4. The monoisotopic (exact) mass is 290 g/mol. The molecule has 1 aromatic rings. The summed E-state index contributed by atoms with van der Waals surface area (Å²) in [5.74, 6) is 0.603. The van der Waals surface area contributed by atoms with Crippen molar-refractivity contribution in [3.8, 4) is 0 Å². The average Bonchev–Trinajstić information content (AvgIpc) is 2.49. The molecule has 116 valence electrons. The van der Waals surface area contributed by atoms with Gasteiger partial charge in [0.2, 0.25) is 0 Å². The van der Waals surface area contributed by atoms with Gasteiger partial charge in [0.1, 0.15) is 5.82 Å². The van der Waals surface area contributed by atoms with E-state index in [1.807, 2.05) is 13.0 Å². The number of pyridine rings is 1. The first-order valence-electron chi connectivity index (χ1n) is 7.92. The number of nitrogens with zero attached hydrogens (tertiary/aromatic N) is 2. The third-order valence-electron chi connectivity index (χ3n) is 3.75. The summed E-state index contributed by atoms with van der Waals surface area (Å²) in [7, 11) is 0. The van der Waals surface area contributed by atoms with E-state index in [2.05, 4.69) is 27.4 Å². The molecule has 5 nitrogen and oxygen atoms in total. The molecule has 5 heteroatoms. The Morgan fingerprint density at radius 3 is 2.86 bits per heavy atom. The first-order valence-corrected chi connectivity index (χ1v) is 7.92. The molecule has 0 bridgehead atoms. The lowest BCUT2D eigenvalue weighted by atomic mass is 10.1. The quantitative estimate of drug-likeness (QED) is 0.842. The van der Waals surface area contributed by atoms with Gasteiger partial charge in [0.15, 0.2) is 0 Å². The maximum Gasteiger partial charge on any atom is 0.255 e. The summed E-state index contributed by atoms with van der Waals surface area (Å²) in [5, 5.41) is 6.21. The predicted molar refractivity (Wildman–Crippen MR) is 85.6 cm³/mol. The number of nitrogens with one attached hydrogen (secondary N) is 2. The van der Waals surface area contributed by atoms with Crippen molar-refractivity contribution in [3.05, 3.63) is 23.9 Å². The van der Waals surface area contributed by atoms with Crippen LogP contribution in [0.5, 0.6) is 0 Å². The van der Waals surface area contributed by atoms with Crippen molar-refractivity contribution in [1.82, 2.24) is 15.2 Å². The van der Waals surface area contributed by atoms with Gasteiger partial charge in [-0.3, -0.25) is 4.79 Å². The minimum Gasteiger partial charge on any atom is -0.370 e. The van der Waals surface area contributed by atoms with Crippen molar-refractivity contribution < 1.29 is 4.79 Å². The summed E-state index contributed by atoms with van der Waals surface area (Å²) in [4.78, 5) is 19.0. The second-order valence-corrected chi connectivity index (χ2v) is 5.67. The second-order valence-electron chi connectivity index (χ2n) is 5.67. The molecule has 1 aromatic heterocycles. The van der Waals surface area contributed by atoms with E-state index in [-0.39, 0.29) is 11.9 Å². The molecule has 21 heavy (non-hydrogen) atoms. The number of rotatable bonds is 6. The Labute approximate surface area is 127 Å². The molecular formula is C16H26N4O. The van der Waals surface area contributed by atoms with Gasteiger partial charge in [-0.1, -0.05) is 6.42 Å². The zero-order valence-corrected chi connectivity index (χ0v) is 13.1. The van der Waals surface area contributed by atoms with Crippen LogP contribution in [-0.2, 0) is 0 Å². The number of anilines is 1. The van der Waals surface area contributed by atoms with Gasteiger partial charge in [0.05, 0.1) is 5.56 Å². The van der Waals surface area contributed by atoms with Crippen LogP contribution in [0.15, 0.2) is 18.3 Å². The summed E-state index contributed by atoms with van der Waals surface area (Å²) >= 11 is 0. The fourth-order valence-electron chi connectivity index (χ4n) is 2.77. The lowest BCUT2D eigenvalue weighted by molar-refractivity contribution is 0.0926. The molecule has 1 unspecified atom stereocenters. The minimum atomic E-state index is -0.0523. The van der Waals surface area contributed by atoms with Gasteiger partial charge in [-0.05, 0) is 51.9 Å². The molecule has 0 aliphatic carbocycles. The molecular weight excluding hydrogens is 264 g/mol. The number of likely N-dealkylation sites (tertiary alicyclic amines) is 1. The van der Waals surface area contributed by atoms with Crippen LogP contribution >= 0.6 is 0 Å². The molecule has 1 fully saturated rings. The normalized spacial score (nSPS) is 17.2. The van der Waals surface area contributed by atoms with Gasteiger partial charge in [-0.15, -0.1) is 0 Å². The summed E-state index contributed by atoms with van der Waals surface area (Å²) in [5.41, 5.74) is 0.616. The molecule has 0 saturated carbocycles. The number of hydrogen-bond donors (Lipinski definition) is 2. The maximum absolute atomic E-state index is 12.4. The second kappa shape index (κ2) is 7.98. The van der Waals surface area contributed by atoms with E-state index < -0.39 is 0 Å². The molecule has 1 aliphatic rings. The van der Waals surface area contributed by atoms with E-state index in [0.29, 0.717) is 11.4 Å². The van der Waals surface area contributed by atoms with E-state index in [1.165, 1.54) is 19.3 Å². The van der Waals surface area contributed by atoms with Crippen LogP contribution in [0.3, 0.4) is 0 Å². The van der Waals surface area contributed by atoms with Crippen LogP contribution in [-0.4, -0.2) is 48.0 Å². The molecule has 2 N–H and O–H groups in total. The largest absolute Gasteiger partial charge is 0.370 e. The van der Waals surface area contributed by atoms with Crippen molar-refractivity contribution >= 4 is 11.7 Å². The number of piperidine rings is 1. The van der Waals surface area contributed by atoms with Crippen molar-refractivity contribution in [2.75, 3.05) is 31.5 Å². The van der Waals surface area contributed by atoms with E-state index in [0.717, 1.165) is 26.2 Å². The molecule has 1 atom stereocenters. The maximum atomic E-state index is 12.4. The Bertz CT molecular complexity index is 457. The molecule has 2 heterocycles. The SMILES string of the molecule is CCNc1ncccc1C(=O)NC(C)CN1CCCCC1. The van der Waals surface area contributed by atoms with Gasteiger partial charge in [-0.2, -0.15) is 0 Å². The highest BCUT2D eigenvalue weighted by Crippen LogP contribution is 2.12. The van der Waals surface area contributed by atoms with Crippen molar-refractivity contribution in [1.29, 1.82) is 0 Å². The number of amides is 1. The topological polar surface area (TPSA) is 57.3 Å². The fourth-order valence-corrected chi connectivity index (χ4v) is 2.77. The zero-order chi connectivity index (χ0) is 15.1. The Kier molecular flexibility index (Phi) is 5.99. The van der Waals surface area contributed by atoms with E-state index in [4.69, 9.17) is 0 Å². The standard InChI is InChI=1S/C16H26N4O/c1-3-17-15-14(8-7-9-18-15)16(21)19-13(2)12-20-10-5-4-6-11-20/h7-9,13H,3-6,10-12H2,1-2H3,(H,17,18)(H,19,21). The van der Waals surface area contributed by atoms with E-state index in [1.54, 1.807) is 12.3 Å². The van der Waals surface area contributed by atoms with Crippen LogP contribution in [0.2, 0.25) is 0 Å². The Morgan fingerprint density at radius 1 is 1.38 bits per heavy atom. The van der Waals surface area contributed by atoms with E-state index in [9.17, 15) is 4.79 Å². The number of carbonyl (C=O) groups excluding carboxylic acids is 1. The third kappa shape index (κ3) is 4.70. The van der Waals surface area contributed by atoms with Crippen LogP contribution in [0, 0.1) is 0 Å². The van der Waals surface area contributed by atoms with E-state index >= 15 is 0 Å².